The summed E-state index contributed by atoms with van der Waals surface area (Å²) in [6.45, 7) is 4.27. The lowest BCUT2D eigenvalue weighted by atomic mass is 10.0. The summed E-state index contributed by atoms with van der Waals surface area (Å²) in [7, 11) is 0. The molecule has 3 rings (SSSR count). The Balaban J connectivity index is 1.66. The molecule has 0 fully saturated rings. The van der Waals surface area contributed by atoms with Crippen molar-refractivity contribution in [3.8, 4) is 11.5 Å². The highest BCUT2D eigenvalue weighted by Gasteiger charge is 2.13. The number of hydrogen-bond acceptors (Lipinski definition) is 3. The maximum atomic E-state index is 5.64. The standard InChI is InChI=1S/C18H20BrNO2/c1-2-16(14-4-6-15(19)7-5-14)20-12-13-3-8-17-18(11-13)22-10-9-21-17/h3-8,11,16,20H,2,9-10,12H2,1H3. The van der Waals surface area contributed by atoms with Gasteiger partial charge < -0.3 is 14.8 Å². The lowest BCUT2D eigenvalue weighted by molar-refractivity contribution is 0.171. The van der Waals surface area contributed by atoms with Crippen molar-refractivity contribution in [2.45, 2.75) is 25.9 Å². The molecule has 3 nitrogen and oxygen atoms in total. The number of benzene rings is 2. The van der Waals surface area contributed by atoms with Crippen molar-refractivity contribution in [1.82, 2.24) is 5.32 Å². The van der Waals surface area contributed by atoms with Crippen molar-refractivity contribution >= 4 is 15.9 Å². The minimum atomic E-state index is 0.348. The molecule has 1 heterocycles. The minimum Gasteiger partial charge on any atom is -0.486 e. The van der Waals surface area contributed by atoms with E-state index in [0.717, 1.165) is 28.9 Å². The van der Waals surface area contributed by atoms with Crippen LogP contribution in [0.2, 0.25) is 0 Å². The predicted octanol–water partition coefficient (Wildman–Crippen LogP) is 4.46. The van der Waals surface area contributed by atoms with Crippen molar-refractivity contribution < 1.29 is 9.47 Å². The third kappa shape index (κ3) is 3.62. The zero-order valence-electron chi connectivity index (χ0n) is 12.6. The highest BCUT2D eigenvalue weighted by molar-refractivity contribution is 9.10. The van der Waals surface area contributed by atoms with Crippen molar-refractivity contribution in [2.75, 3.05) is 13.2 Å². The van der Waals surface area contributed by atoms with Crippen molar-refractivity contribution in [3.63, 3.8) is 0 Å². The molecule has 0 aliphatic carbocycles. The van der Waals surface area contributed by atoms with Crippen LogP contribution in [0.1, 0.15) is 30.5 Å². The topological polar surface area (TPSA) is 30.5 Å². The van der Waals surface area contributed by atoms with Crippen LogP contribution in [0.5, 0.6) is 11.5 Å². The van der Waals surface area contributed by atoms with Crippen LogP contribution in [-0.2, 0) is 6.54 Å². The molecule has 0 aromatic heterocycles. The molecule has 0 spiro atoms. The maximum absolute atomic E-state index is 5.64. The number of fused-ring (bicyclic) bond motifs is 1. The third-order valence-corrected chi connectivity index (χ3v) is 4.37. The molecule has 1 aliphatic rings. The molecule has 1 N–H and O–H groups in total. The largest absolute Gasteiger partial charge is 0.486 e. The summed E-state index contributed by atoms with van der Waals surface area (Å²) >= 11 is 3.48. The molecule has 22 heavy (non-hydrogen) atoms. The second-order valence-electron chi connectivity index (χ2n) is 5.37. The summed E-state index contributed by atoms with van der Waals surface area (Å²) in [5.41, 5.74) is 2.52. The fraction of sp³-hybridized carbons (Fsp3) is 0.333. The van der Waals surface area contributed by atoms with Gasteiger partial charge in [-0.1, -0.05) is 41.1 Å². The third-order valence-electron chi connectivity index (χ3n) is 3.84. The smallest absolute Gasteiger partial charge is 0.161 e. The predicted molar refractivity (Wildman–Crippen MR) is 91.4 cm³/mol. The molecule has 0 saturated carbocycles. The number of nitrogens with one attached hydrogen (secondary N) is 1. The first-order valence-corrected chi connectivity index (χ1v) is 8.43. The highest BCUT2D eigenvalue weighted by atomic mass is 79.9. The second-order valence-corrected chi connectivity index (χ2v) is 6.29. The average Bonchev–Trinajstić information content (AvgIpc) is 2.57. The average molecular weight is 362 g/mol. The normalized spacial score (nSPS) is 14.6. The Hall–Kier alpha value is -1.52. The Morgan fingerprint density at radius 2 is 1.77 bits per heavy atom. The summed E-state index contributed by atoms with van der Waals surface area (Å²) in [5, 5.41) is 3.62. The van der Waals surface area contributed by atoms with Gasteiger partial charge in [0.2, 0.25) is 0 Å². The van der Waals surface area contributed by atoms with Gasteiger partial charge in [0, 0.05) is 17.1 Å². The molecule has 2 aromatic carbocycles. The van der Waals surface area contributed by atoms with Crippen LogP contribution in [-0.4, -0.2) is 13.2 Å². The van der Waals surface area contributed by atoms with Crippen molar-refractivity contribution in [3.05, 3.63) is 58.1 Å². The zero-order valence-corrected chi connectivity index (χ0v) is 14.2. The monoisotopic (exact) mass is 361 g/mol. The molecule has 1 atom stereocenters. The lowest BCUT2D eigenvalue weighted by Gasteiger charge is -2.20. The molecule has 0 bridgehead atoms. The van der Waals surface area contributed by atoms with Crippen LogP contribution in [0.4, 0.5) is 0 Å². The van der Waals surface area contributed by atoms with E-state index in [-0.39, 0.29) is 0 Å². The quantitative estimate of drug-likeness (QED) is 0.852. The van der Waals surface area contributed by atoms with Crippen LogP contribution in [0.3, 0.4) is 0 Å². The zero-order chi connectivity index (χ0) is 15.4. The van der Waals surface area contributed by atoms with Crippen LogP contribution in [0, 0.1) is 0 Å². The van der Waals surface area contributed by atoms with E-state index in [2.05, 4.69) is 64.6 Å². The SMILES string of the molecule is CCC(NCc1ccc2c(c1)OCCO2)c1ccc(Br)cc1. The molecule has 1 unspecified atom stereocenters. The summed E-state index contributed by atoms with van der Waals surface area (Å²) in [5.74, 6) is 1.69. The lowest BCUT2D eigenvalue weighted by Crippen LogP contribution is -2.20. The molecular formula is C18H20BrNO2. The van der Waals surface area contributed by atoms with Gasteiger partial charge in [-0.3, -0.25) is 0 Å². The molecule has 0 radical (unpaired) electrons. The molecule has 2 aromatic rings. The van der Waals surface area contributed by atoms with Gasteiger partial charge in [-0.2, -0.15) is 0 Å². The number of halogens is 1. The van der Waals surface area contributed by atoms with Crippen LogP contribution < -0.4 is 14.8 Å². The number of ether oxygens (including phenoxy) is 2. The minimum absolute atomic E-state index is 0.348. The summed E-state index contributed by atoms with van der Waals surface area (Å²) in [6.07, 6.45) is 1.05. The van der Waals surface area contributed by atoms with E-state index >= 15 is 0 Å². The highest BCUT2D eigenvalue weighted by Crippen LogP contribution is 2.31. The maximum Gasteiger partial charge on any atom is 0.161 e. The van der Waals surface area contributed by atoms with Gasteiger partial charge in [-0.15, -0.1) is 0 Å². The first-order chi connectivity index (χ1) is 10.8. The van der Waals surface area contributed by atoms with E-state index in [9.17, 15) is 0 Å². The first-order valence-electron chi connectivity index (χ1n) is 7.63. The Morgan fingerprint density at radius 1 is 1.05 bits per heavy atom. The fourth-order valence-electron chi connectivity index (χ4n) is 2.63. The summed E-state index contributed by atoms with van der Waals surface area (Å²) in [4.78, 5) is 0. The van der Waals surface area contributed by atoms with E-state index in [1.807, 2.05) is 6.07 Å². The molecule has 116 valence electrons. The van der Waals surface area contributed by atoms with Gasteiger partial charge in [0.25, 0.3) is 0 Å². The second kappa shape index (κ2) is 7.16. The molecule has 1 aliphatic heterocycles. The van der Waals surface area contributed by atoms with E-state index in [0.29, 0.717) is 19.3 Å². The van der Waals surface area contributed by atoms with E-state index < -0.39 is 0 Å². The van der Waals surface area contributed by atoms with Gasteiger partial charge in [-0.25, -0.2) is 0 Å². The molecule has 0 saturated heterocycles. The van der Waals surface area contributed by atoms with E-state index in [4.69, 9.17) is 9.47 Å². The Morgan fingerprint density at radius 3 is 2.50 bits per heavy atom. The van der Waals surface area contributed by atoms with Gasteiger partial charge in [0.15, 0.2) is 11.5 Å². The molecule has 0 amide bonds. The fourth-order valence-corrected chi connectivity index (χ4v) is 2.90. The summed E-state index contributed by atoms with van der Waals surface area (Å²) in [6, 6.07) is 15.0. The van der Waals surface area contributed by atoms with Crippen LogP contribution in [0.25, 0.3) is 0 Å². The number of hydrogen-bond donors (Lipinski definition) is 1. The van der Waals surface area contributed by atoms with Gasteiger partial charge in [0.1, 0.15) is 13.2 Å². The van der Waals surface area contributed by atoms with Gasteiger partial charge in [0.05, 0.1) is 0 Å². The molecule has 4 heteroatoms. The Kier molecular flexibility index (Phi) is 5.01. The Labute approximate surface area is 139 Å². The van der Waals surface area contributed by atoms with E-state index in [1.54, 1.807) is 0 Å². The summed E-state index contributed by atoms with van der Waals surface area (Å²) < 4.78 is 12.3. The molecular weight excluding hydrogens is 342 g/mol. The van der Waals surface area contributed by atoms with Gasteiger partial charge >= 0.3 is 0 Å². The Bertz CT molecular complexity index is 627. The van der Waals surface area contributed by atoms with Crippen LogP contribution in [0.15, 0.2) is 46.9 Å². The van der Waals surface area contributed by atoms with E-state index in [1.165, 1.54) is 11.1 Å². The van der Waals surface area contributed by atoms with Gasteiger partial charge in [-0.05, 0) is 41.8 Å². The first kappa shape index (κ1) is 15.4. The van der Waals surface area contributed by atoms with Crippen LogP contribution >= 0.6 is 15.9 Å². The van der Waals surface area contributed by atoms with Crippen molar-refractivity contribution in [1.29, 1.82) is 0 Å². The van der Waals surface area contributed by atoms with Crippen molar-refractivity contribution in [2.24, 2.45) is 0 Å². The number of rotatable bonds is 5.